The predicted molar refractivity (Wildman–Crippen MR) is 93.8 cm³/mol. The number of benzene rings is 1. The second-order valence-corrected chi connectivity index (χ2v) is 5.30. The van der Waals surface area contributed by atoms with E-state index in [0.717, 1.165) is 30.5 Å². The Labute approximate surface area is 137 Å². The Bertz CT molecular complexity index is 531. The third-order valence-corrected chi connectivity index (χ3v) is 3.62. The summed E-state index contributed by atoms with van der Waals surface area (Å²) in [5.74, 6) is 0.141. The van der Waals surface area contributed by atoms with Crippen LogP contribution in [0.3, 0.4) is 0 Å². The fourth-order valence-electron chi connectivity index (χ4n) is 2.13. The number of anilines is 1. The Balaban J connectivity index is 2.92. The van der Waals surface area contributed by atoms with Crippen LogP contribution in [0.25, 0.3) is 0 Å². The van der Waals surface area contributed by atoms with Crippen molar-refractivity contribution in [3.05, 3.63) is 28.8 Å². The minimum atomic E-state index is -0.317. The lowest BCUT2D eigenvalue weighted by molar-refractivity contribution is 0.250. The molecule has 3 N–H and O–H groups in total. The fraction of sp³-hybridized carbons (Fsp3) is 0.500. The summed E-state index contributed by atoms with van der Waals surface area (Å²) in [6.45, 7) is 7.10. The van der Waals surface area contributed by atoms with Crippen molar-refractivity contribution in [2.45, 2.75) is 40.0 Å². The Morgan fingerprint density at radius 1 is 1.36 bits per heavy atom. The molecule has 0 aliphatic carbocycles. The monoisotopic (exact) mass is 324 g/mol. The van der Waals surface area contributed by atoms with Crippen LogP contribution in [0.5, 0.6) is 0 Å². The maximum absolute atomic E-state index is 12.4. The van der Waals surface area contributed by atoms with Crippen molar-refractivity contribution >= 4 is 29.3 Å². The summed E-state index contributed by atoms with van der Waals surface area (Å²) < 4.78 is 0. The number of nitrogens with zero attached hydrogens (tertiary/aromatic N) is 2. The molecule has 0 radical (unpaired) electrons. The van der Waals surface area contributed by atoms with Gasteiger partial charge in [-0.2, -0.15) is 0 Å². The highest BCUT2D eigenvalue weighted by Crippen LogP contribution is 2.30. The summed E-state index contributed by atoms with van der Waals surface area (Å²) in [6, 6.07) is 5.32. The smallest absolute Gasteiger partial charge is 0.328 e. The maximum Gasteiger partial charge on any atom is 0.328 e. The third-order valence-electron chi connectivity index (χ3n) is 3.31. The number of rotatable bonds is 6. The average Bonchev–Trinajstić information content (AvgIpc) is 2.49. The van der Waals surface area contributed by atoms with Gasteiger partial charge in [-0.15, -0.1) is 0 Å². The van der Waals surface area contributed by atoms with Crippen molar-refractivity contribution in [2.75, 3.05) is 18.0 Å². The van der Waals surface area contributed by atoms with E-state index in [9.17, 15) is 4.79 Å². The van der Waals surface area contributed by atoms with Crippen LogP contribution in [0.1, 0.15) is 39.2 Å². The second kappa shape index (κ2) is 9.30. The van der Waals surface area contributed by atoms with Gasteiger partial charge in [0.05, 0.1) is 10.7 Å². The summed E-state index contributed by atoms with van der Waals surface area (Å²) >= 11 is 6.28. The van der Waals surface area contributed by atoms with Crippen LogP contribution in [0.2, 0.25) is 5.02 Å². The first-order chi connectivity index (χ1) is 10.5. The van der Waals surface area contributed by atoms with Gasteiger partial charge in [0.2, 0.25) is 0 Å². The molecule has 0 unspecified atom stereocenters. The molecule has 0 atom stereocenters. The number of guanidine groups is 1. The summed E-state index contributed by atoms with van der Waals surface area (Å²) in [4.78, 5) is 18.2. The van der Waals surface area contributed by atoms with Gasteiger partial charge in [-0.05, 0) is 31.4 Å². The number of aliphatic imine (C=N–C) groups is 1. The van der Waals surface area contributed by atoms with Crippen molar-refractivity contribution in [3.8, 4) is 0 Å². The number of nitrogens with two attached hydrogens (primary N) is 1. The predicted octanol–water partition coefficient (Wildman–Crippen LogP) is 3.55. The molecule has 22 heavy (non-hydrogen) atoms. The Hall–Kier alpha value is -1.75. The first kappa shape index (κ1) is 18.3. The molecule has 0 fully saturated rings. The first-order valence-corrected chi connectivity index (χ1v) is 8.08. The molecule has 1 rings (SSSR count). The number of aryl methyl sites for hydroxylation is 1. The third kappa shape index (κ3) is 4.91. The number of hydrogen-bond donors (Lipinski definition) is 2. The molecule has 6 heteroatoms. The molecule has 5 nitrogen and oxygen atoms in total. The van der Waals surface area contributed by atoms with Crippen LogP contribution in [0.15, 0.2) is 23.2 Å². The van der Waals surface area contributed by atoms with Crippen LogP contribution in [0, 0.1) is 0 Å². The largest absolute Gasteiger partial charge is 0.370 e. The minimum absolute atomic E-state index is 0.141. The minimum Gasteiger partial charge on any atom is -0.370 e. The maximum atomic E-state index is 12.4. The lowest BCUT2D eigenvalue weighted by Gasteiger charge is -2.24. The van der Waals surface area contributed by atoms with Gasteiger partial charge >= 0.3 is 6.03 Å². The Morgan fingerprint density at radius 3 is 2.68 bits per heavy atom. The lowest BCUT2D eigenvalue weighted by atomic mass is 10.1. The zero-order chi connectivity index (χ0) is 16.5. The number of urea groups is 1. The molecule has 0 saturated heterocycles. The van der Waals surface area contributed by atoms with Gasteiger partial charge < -0.3 is 5.73 Å². The molecule has 1 aromatic rings. The summed E-state index contributed by atoms with van der Waals surface area (Å²) in [6.07, 6.45) is 2.77. The highest BCUT2D eigenvalue weighted by atomic mass is 35.5. The van der Waals surface area contributed by atoms with Crippen molar-refractivity contribution in [1.29, 1.82) is 0 Å². The second-order valence-electron chi connectivity index (χ2n) is 4.90. The topological polar surface area (TPSA) is 70.7 Å². The summed E-state index contributed by atoms with van der Waals surface area (Å²) in [5.41, 5.74) is 7.50. The van der Waals surface area contributed by atoms with Gasteiger partial charge in [-0.25, -0.2) is 4.79 Å². The van der Waals surface area contributed by atoms with E-state index in [1.165, 1.54) is 0 Å². The molecule has 122 valence electrons. The number of carbonyl (C=O) groups excluding carboxylic acids is 1. The molecule has 0 spiro atoms. The molecule has 0 aromatic heterocycles. The van der Waals surface area contributed by atoms with E-state index in [2.05, 4.69) is 17.2 Å². The molecular weight excluding hydrogens is 300 g/mol. The number of nitrogens with one attached hydrogen (secondary N) is 1. The Morgan fingerprint density at radius 2 is 2.09 bits per heavy atom. The normalized spacial score (nSPS) is 11.4. The van der Waals surface area contributed by atoms with Crippen LogP contribution in [0.4, 0.5) is 10.5 Å². The average molecular weight is 325 g/mol. The van der Waals surface area contributed by atoms with E-state index in [0.29, 0.717) is 18.1 Å². The van der Waals surface area contributed by atoms with Gasteiger partial charge in [-0.3, -0.25) is 15.2 Å². The van der Waals surface area contributed by atoms with Crippen LogP contribution in [-0.2, 0) is 6.42 Å². The van der Waals surface area contributed by atoms with Crippen molar-refractivity contribution in [1.82, 2.24) is 5.32 Å². The van der Waals surface area contributed by atoms with Crippen molar-refractivity contribution < 1.29 is 4.79 Å². The number of unbranched alkanes of at least 4 members (excludes halogenated alkanes) is 1. The molecule has 0 bridgehead atoms. The van der Waals surface area contributed by atoms with E-state index in [-0.39, 0.29) is 12.0 Å². The molecule has 0 aliphatic rings. The summed E-state index contributed by atoms with van der Waals surface area (Å²) in [5, 5.41) is 3.18. The van der Waals surface area contributed by atoms with Gasteiger partial charge in [0.15, 0.2) is 5.96 Å². The number of para-hydroxylation sites is 1. The molecule has 0 heterocycles. The number of halogens is 1. The molecule has 2 amide bonds. The van der Waals surface area contributed by atoms with E-state index in [1.807, 2.05) is 26.0 Å². The molecular formula is C16H25ClN4O. The summed E-state index contributed by atoms with van der Waals surface area (Å²) in [7, 11) is 0. The Kier molecular flexibility index (Phi) is 7.74. The molecule has 0 saturated carbocycles. The van der Waals surface area contributed by atoms with Gasteiger partial charge in [0, 0.05) is 13.1 Å². The van der Waals surface area contributed by atoms with Crippen LogP contribution >= 0.6 is 11.6 Å². The zero-order valence-corrected chi connectivity index (χ0v) is 14.3. The van der Waals surface area contributed by atoms with E-state index >= 15 is 0 Å². The van der Waals surface area contributed by atoms with Gasteiger partial charge in [0.25, 0.3) is 0 Å². The quantitative estimate of drug-likeness (QED) is 0.477. The molecule has 1 aromatic carbocycles. The lowest BCUT2D eigenvalue weighted by Crippen LogP contribution is -2.46. The highest BCUT2D eigenvalue weighted by molar-refractivity contribution is 6.34. The van der Waals surface area contributed by atoms with E-state index in [4.69, 9.17) is 17.3 Å². The number of amides is 2. The van der Waals surface area contributed by atoms with Gasteiger partial charge in [0.1, 0.15) is 0 Å². The van der Waals surface area contributed by atoms with Crippen LogP contribution < -0.4 is 16.0 Å². The molecule has 0 aliphatic heterocycles. The van der Waals surface area contributed by atoms with E-state index < -0.39 is 0 Å². The highest BCUT2D eigenvalue weighted by Gasteiger charge is 2.19. The van der Waals surface area contributed by atoms with Gasteiger partial charge in [-0.1, -0.05) is 44.0 Å². The standard InChI is InChI=1S/C16H25ClN4O/c1-4-7-11-19-15(18)20-16(22)21(6-3)14-12(5-2)9-8-10-13(14)17/h8-10H,4-7,11H2,1-3H3,(H3,18,19,20,22). The SMILES string of the molecule is CCCCN=C(N)NC(=O)N(CC)c1c(Cl)cccc1CC. The first-order valence-electron chi connectivity index (χ1n) is 7.70. The van der Waals surface area contributed by atoms with E-state index in [1.54, 1.807) is 11.0 Å². The zero-order valence-electron chi connectivity index (χ0n) is 13.5. The number of hydrogen-bond acceptors (Lipinski definition) is 2. The number of carbonyl (C=O) groups is 1. The van der Waals surface area contributed by atoms with Crippen molar-refractivity contribution in [3.63, 3.8) is 0 Å². The fourth-order valence-corrected chi connectivity index (χ4v) is 2.42. The van der Waals surface area contributed by atoms with Crippen molar-refractivity contribution in [2.24, 2.45) is 10.7 Å². The van der Waals surface area contributed by atoms with Crippen LogP contribution in [-0.4, -0.2) is 25.1 Å².